The van der Waals surface area contributed by atoms with Gasteiger partial charge in [-0.25, -0.2) is 19.4 Å². The Morgan fingerprint density at radius 3 is 2.90 bits per heavy atom. The molecule has 4 rings (SSSR count). The van der Waals surface area contributed by atoms with Gasteiger partial charge < -0.3 is 15.0 Å². The minimum absolute atomic E-state index is 0.0280. The normalized spacial score (nSPS) is 15.5. The first-order chi connectivity index (χ1) is 14.9. The first kappa shape index (κ1) is 21.5. The van der Waals surface area contributed by atoms with Crippen LogP contribution in [0.15, 0.2) is 6.20 Å². The van der Waals surface area contributed by atoms with Gasteiger partial charge in [-0.1, -0.05) is 29.9 Å². The fraction of sp³-hybridized carbons (Fsp3) is 0.450. The average Bonchev–Trinajstić information content (AvgIpc) is 3.43. The standard InChI is InChI=1S/C20H23ClN6O3S/c1-4-13-16(21)25-17(24-13)18(28)23-12-6-7-14-11(8-12)9-27(26-14)20-22-10(3)15(31-20)19(29)30-5-2/h9,12H,4-8H2,1-3H3,(H,23,28)(H,24,25). The Hall–Kier alpha value is -2.72. The lowest BCUT2D eigenvalue weighted by molar-refractivity contribution is 0.0531. The average molecular weight is 463 g/mol. The number of aromatic nitrogens is 5. The molecule has 0 saturated heterocycles. The van der Waals surface area contributed by atoms with E-state index in [0.29, 0.717) is 40.3 Å². The highest BCUT2D eigenvalue weighted by Gasteiger charge is 2.26. The van der Waals surface area contributed by atoms with E-state index < -0.39 is 0 Å². The summed E-state index contributed by atoms with van der Waals surface area (Å²) in [4.78, 5) is 36.7. The number of hydrogen-bond acceptors (Lipinski definition) is 7. The van der Waals surface area contributed by atoms with Crippen molar-refractivity contribution in [3.8, 4) is 5.13 Å². The van der Waals surface area contributed by atoms with Crippen LogP contribution in [0.25, 0.3) is 5.13 Å². The lowest BCUT2D eigenvalue weighted by Crippen LogP contribution is -2.39. The summed E-state index contributed by atoms with van der Waals surface area (Å²) in [6.45, 7) is 5.82. The number of thiazole rings is 1. The van der Waals surface area contributed by atoms with Crippen LogP contribution in [0.4, 0.5) is 0 Å². The summed E-state index contributed by atoms with van der Waals surface area (Å²) in [5.74, 6) is -0.405. The lowest BCUT2D eigenvalue weighted by atomic mass is 9.93. The number of nitrogens with zero attached hydrogens (tertiary/aromatic N) is 4. The van der Waals surface area contributed by atoms with E-state index in [1.54, 1.807) is 18.5 Å². The third-order valence-electron chi connectivity index (χ3n) is 5.15. The first-order valence-corrected chi connectivity index (χ1v) is 11.4. The van der Waals surface area contributed by atoms with Gasteiger partial charge in [-0.15, -0.1) is 0 Å². The zero-order chi connectivity index (χ0) is 22.1. The van der Waals surface area contributed by atoms with Crippen molar-refractivity contribution in [2.45, 2.75) is 52.5 Å². The third-order valence-corrected chi connectivity index (χ3v) is 6.59. The van der Waals surface area contributed by atoms with Gasteiger partial charge in [0.15, 0.2) is 11.0 Å². The van der Waals surface area contributed by atoms with E-state index in [1.165, 1.54) is 11.3 Å². The highest BCUT2D eigenvalue weighted by molar-refractivity contribution is 7.16. The molecular weight excluding hydrogens is 440 g/mol. The first-order valence-electron chi connectivity index (χ1n) is 10.2. The molecule has 0 aromatic carbocycles. The van der Waals surface area contributed by atoms with E-state index in [0.717, 1.165) is 29.8 Å². The lowest BCUT2D eigenvalue weighted by Gasteiger charge is -2.21. The van der Waals surface area contributed by atoms with Gasteiger partial charge in [0.1, 0.15) is 4.88 Å². The van der Waals surface area contributed by atoms with E-state index >= 15 is 0 Å². The summed E-state index contributed by atoms with van der Waals surface area (Å²) in [5.41, 5.74) is 3.40. The molecule has 1 aliphatic rings. The van der Waals surface area contributed by atoms with Crippen molar-refractivity contribution in [1.29, 1.82) is 0 Å². The quantitative estimate of drug-likeness (QED) is 0.544. The number of carbonyl (C=O) groups is 2. The maximum Gasteiger partial charge on any atom is 0.350 e. The van der Waals surface area contributed by atoms with Crippen LogP contribution in [-0.2, 0) is 24.0 Å². The molecule has 9 nitrogen and oxygen atoms in total. The van der Waals surface area contributed by atoms with Crippen LogP contribution >= 0.6 is 22.9 Å². The van der Waals surface area contributed by atoms with E-state index in [9.17, 15) is 9.59 Å². The van der Waals surface area contributed by atoms with Crippen molar-refractivity contribution in [2.24, 2.45) is 0 Å². The SMILES string of the molecule is CCOC(=O)c1sc(-n2cc3c(n2)CCC(NC(=O)c2nc(Cl)c(CC)[nH]2)C3)nc1C. The van der Waals surface area contributed by atoms with Crippen LogP contribution in [0.3, 0.4) is 0 Å². The third kappa shape index (κ3) is 4.35. The number of ether oxygens (including phenoxy) is 1. The number of rotatable bonds is 6. The van der Waals surface area contributed by atoms with Crippen LogP contribution in [-0.4, -0.2) is 49.3 Å². The van der Waals surface area contributed by atoms with Crippen molar-refractivity contribution < 1.29 is 14.3 Å². The minimum atomic E-state index is -0.368. The Bertz CT molecular complexity index is 1130. The van der Waals surface area contributed by atoms with Crippen molar-refractivity contribution >= 4 is 34.8 Å². The van der Waals surface area contributed by atoms with E-state index in [4.69, 9.17) is 16.3 Å². The number of hydrogen-bond donors (Lipinski definition) is 2. The summed E-state index contributed by atoms with van der Waals surface area (Å²) in [6, 6.07) is -0.0280. The van der Waals surface area contributed by atoms with Gasteiger partial charge in [0.2, 0.25) is 5.13 Å². The molecule has 3 aromatic rings. The van der Waals surface area contributed by atoms with Crippen LogP contribution < -0.4 is 5.32 Å². The second kappa shape index (κ2) is 8.80. The van der Waals surface area contributed by atoms with E-state index in [1.807, 2.05) is 13.1 Å². The van der Waals surface area contributed by atoms with Gasteiger partial charge in [0.05, 0.1) is 23.7 Å². The molecule has 0 radical (unpaired) electrons. The molecule has 1 unspecified atom stereocenters. The number of nitrogens with one attached hydrogen (secondary N) is 2. The predicted octanol–water partition coefficient (Wildman–Crippen LogP) is 3.04. The Morgan fingerprint density at radius 2 is 2.19 bits per heavy atom. The molecule has 1 atom stereocenters. The largest absolute Gasteiger partial charge is 0.462 e. The number of carbonyl (C=O) groups excluding carboxylic acids is 2. The summed E-state index contributed by atoms with van der Waals surface area (Å²) in [5, 5.41) is 8.62. The molecule has 3 heterocycles. The molecule has 0 aliphatic heterocycles. The molecule has 0 fully saturated rings. The maximum absolute atomic E-state index is 12.6. The zero-order valence-corrected chi connectivity index (χ0v) is 19.1. The molecule has 0 spiro atoms. The fourth-order valence-corrected chi connectivity index (χ4v) is 4.73. The van der Waals surface area contributed by atoms with Gasteiger partial charge in [-0.3, -0.25) is 4.79 Å². The Balaban J connectivity index is 1.47. The predicted molar refractivity (Wildman–Crippen MR) is 116 cm³/mol. The van der Waals surface area contributed by atoms with Gasteiger partial charge in [-0.05, 0) is 45.1 Å². The van der Waals surface area contributed by atoms with E-state index in [2.05, 4.69) is 25.4 Å². The van der Waals surface area contributed by atoms with Crippen LogP contribution in [0.5, 0.6) is 0 Å². The minimum Gasteiger partial charge on any atom is -0.462 e. The molecule has 1 aliphatic carbocycles. The van der Waals surface area contributed by atoms with Crippen LogP contribution in [0.2, 0.25) is 5.15 Å². The van der Waals surface area contributed by atoms with Crippen molar-refractivity contribution in [2.75, 3.05) is 6.61 Å². The zero-order valence-electron chi connectivity index (χ0n) is 17.5. The number of imidazole rings is 1. The fourth-order valence-electron chi connectivity index (χ4n) is 3.58. The number of aromatic amines is 1. The summed E-state index contributed by atoms with van der Waals surface area (Å²) >= 11 is 7.30. The number of fused-ring (bicyclic) bond motifs is 1. The number of H-pyrrole nitrogens is 1. The highest BCUT2D eigenvalue weighted by Crippen LogP contribution is 2.26. The molecule has 11 heteroatoms. The molecule has 164 valence electrons. The number of amides is 1. The van der Waals surface area contributed by atoms with Gasteiger partial charge in [0, 0.05) is 12.2 Å². The monoisotopic (exact) mass is 462 g/mol. The van der Waals surface area contributed by atoms with Gasteiger partial charge in [0.25, 0.3) is 5.91 Å². The molecule has 2 N–H and O–H groups in total. The second-order valence-corrected chi connectivity index (χ2v) is 8.63. The Labute approximate surface area is 188 Å². The molecule has 3 aromatic heterocycles. The topological polar surface area (TPSA) is 115 Å². The highest BCUT2D eigenvalue weighted by atomic mass is 35.5. The molecular formula is C20H23ClN6O3S. The second-order valence-electron chi connectivity index (χ2n) is 7.30. The van der Waals surface area contributed by atoms with Crippen molar-refractivity contribution in [1.82, 2.24) is 30.0 Å². The maximum atomic E-state index is 12.6. The Morgan fingerprint density at radius 1 is 1.39 bits per heavy atom. The Kier molecular flexibility index (Phi) is 6.10. The molecule has 31 heavy (non-hydrogen) atoms. The summed E-state index contributed by atoms with van der Waals surface area (Å²) in [6.07, 6.45) is 4.77. The molecule has 0 saturated carbocycles. The molecule has 1 amide bonds. The smallest absolute Gasteiger partial charge is 0.350 e. The summed E-state index contributed by atoms with van der Waals surface area (Å²) < 4.78 is 6.79. The number of halogens is 1. The number of esters is 1. The van der Waals surface area contributed by atoms with Crippen molar-refractivity contribution in [3.05, 3.63) is 44.7 Å². The van der Waals surface area contributed by atoms with Crippen LogP contribution in [0, 0.1) is 6.92 Å². The molecule has 0 bridgehead atoms. The van der Waals surface area contributed by atoms with Crippen molar-refractivity contribution in [3.63, 3.8) is 0 Å². The van der Waals surface area contributed by atoms with Crippen LogP contribution in [0.1, 0.15) is 63.2 Å². The van der Waals surface area contributed by atoms with E-state index in [-0.39, 0.29) is 23.7 Å². The number of aryl methyl sites for hydroxylation is 3. The van der Waals surface area contributed by atoms with Gasteiger partial charge >= 0.3 is 5.97 Å². The summed E-state index contributed by atoms with van der Waals surface area (Å²) in [7, 11) is 0. The van der Waals surface area contributed by atoms with Gasteiger partial charge in [-0.2, -0.15) is 5.10 Å².